The number of ether oxygens (including phenoxy) is 1. The number of nitrogens with one attached hydrogen (secondary N) is 1. The molecule has 3 aromatic rings. The van der Waals surface area contributed by atoms with Gasteiger partial charge >= 0.3 is 0 Å². The van der Waals surface area contributed by atoms with E-state index in [4.69, 9.17) is 10.5 Å². The number of halogens is 1. The van der Waals surface area contributed by atoms with Gasteiger partial charge in [-0.3, -0.25) is 9.78 Å². The Kier molecular flexibility index (Phi) is 4.68. The van der Waals surface area contributed by atoms with Crippen molar-refractivity contribution >= 4 is 22.3 Å². The standard InChI is InChI=1S/C22H25FN4O2/c1-13-11-27-19-15(20(13)28)17(24)16(23)18(21(19)29-12-22(27,2)3)26-10-6-8-14-7-4-5-9-25-14/h4-5,7,9,11,26H,6,8,10,12,24H2,1-3H3. The molecule has 0 unspecified atom stereocenters. The number of hydrogen-bond donors (Lipinski definition) is 2. The van der Waals surface area contributed by atoms with Crippen LogP contribution in [-0.2, 0) is 12.0 Å². The van der Waals surface area contributed by atoms with Crippen LogP contribution in [0.5, 0.6) is 5.75 Å². The zero-order valence-electron chi connectivity index (χ0n) is 16.9. The van der Waals surface area contributed by atoms with Gasteiger partial charge in [0.1, 0.15) is 12.3 Å². The van der Waals surface area contributed by atoms with Crippen molar-refractivity contribution in [3.63, 3.8) is 0 Å². The number of nitrogens with two attached hydrogens (primary N) is 1. The van der Waals surface area contributed by atoms with Crippen LogP contribution in [0.25, 0.3) is 10.9 Å². The van der Waals surface area contributed by atoms with Crippen molar-refractivity contribution in [2.24, 2.45) is 0 Å². The summed E-state index contributed by atoms with van der Waals surface area (Å²) in [5, 5.41) is 3.32. The van der Waals surface area contributed by atoms with Crippen LogP contribution >= 0.6 is 0 Å². The van der Waals surface area contributed by atoms with Crippen LogP contribution in [0, 0.1) is 12.7 Å². The van der Waals surface area contributed by atoms with Gasteiger partial charge in [0.2, 0.25) is 0 Å². The van der Waals surface area contributed by atoms with Crippen molar-refractivity contribution in [2.75, 3.05) is 24.2 Å². The molecule has 3 N–H and O–H groups in total. The second-order valence-corrected chi connectivity index (χ2v) is 8.12. The van der Waals surface area contributed by atoms with Crippen LogP contribution in [0.3, 0.4) is 0 Å². The lowest BCUT2D eigenvalue weighted by Crippen LogP contribution is -2.38. The molecule has 1 aliphatic heterocycles. The molecule has 0 radical (unpaired) electrons. The molecule has 4 rings (SSSR count). The van der Waals surface area contributed by atoms with Crippen molar-refractivity contribution in [1.29, 1.82) is 0 Å². The molecule has 0 aliphatic carbocycles. The van der Waals surface area contributed by atoms with Crippen LogP contribution in [0.15, 0.2) is 35.4 Å². The molecule has 2 aromatic heterocycles. The summed E-state index contributed by atoms with van der Waals surface area (Å²) in [5.41, 5.74) is 7.57. The van der Waals surface area contributed by atoms with E-state index >= 15 is 4.39 Å². The molecule has 3 heterocycles. The van der Waals surface area contributed by atoms with E-state index in [1.54, 1.807) is 19.3 Å². The third-order valence-corrected chi connectivity index (χ3v) is 5.41. The monoisotopic (exact) mass is 396 g/mol. The maximum absolute atomic E-state index is 15.2. The van der Waals surface area contributed by atoms with E-state index < -0.39 is 5.82 Å². The van der Waals surface area contributed by atoms with Gasteiger partial charge in [0.25, 0.3) is 0 Å². The third-order valence-electron chi connectivity index (χ3n) is 5.41. The lowest BCUT2D eigenvalue weighted by molar-refractivity contribution is 0.171. The molecule has 7 heteroatoms. The number of benzene rings is 1. The summed E-state index contributed by atoms with van der Waals surface area (Å²) in [5.74, 6) is -0.291. The fourth-order valence-electron chi connectivity index (χ4n) is 3.80. The topological polar surface area (TPSA) is 82.2 Å². The molecule has 1 aromatic carbocycles. The Bertz CT molecular complexity index is 1140. The first kappa shape index (κ1) is 19.2. The summed E-state index contributed by atoms with van der Waals surface area (Å²) in [6.07, 6.45) is 5.10. The van der Waals surface area contributed by atoms with Crippen molar-refractivity contribution in [3.05, 3.63) is 57.9 Å². The first-order valence-corrected chi connectivity index (χ1v) is 9.75. The fourth-order valence-corrected chi connectivity index (χ4v) is 3.80. The van der Waals surface area contributed by atoms with Crippen LogP contribution < -0.4 is 21.2 Å². The molecule has 152 valence electrons. The van der Waals surface area contributed by atoms with E-state index in [1.165, 1.54) is 0 Å². The second-order valence-electron chi connectivity index (χ2n) is 8.12. The lowest BCUT2D eigenvalue weighted by atomic mass is 9.99. The number of aryl methyl sites for hydroxylation is 2. The average molecular weight is 396 g/mol. The van der Waals surface area contributed by atoms with Crippen molar-refractivity contribution in [2.45, 2.75) is 39.2 Å². The summed E-state index contributed by atoms with van der Waals surface area (Å²) in [7, 11) is 0. The molecule has 0 saturated heterocycles. The van der Waals surface area contributed by atoms with Gasteiger partial charge in [-0.05, 0) is 45.7 Å². The fraction of sp³-hybridized carbons (Fsp3) is 0.364. The quantitative estimate of drug-likeness (QED) is 0.509. The summed E-state index contributed by atoms with van der Waals surface area (Å²) < 4.78 is 23.1. The van der Waals surface area contributed by atoms with Crippen LogP contribution in [0.4, 0.5) is 15.8 Å². The number of nitrogen functional groups attached to an aromatic ring is 1. The van der Waals surface area contributed by atoms with E-state index in [0.717, 1.165) is 18.5 Å². The SMILES string of the molecule is Cc1cn2c3c(c(NCCCc4ccccn4)c(F)c(N)c3c1=O)OCC2(C)C. The highest BCUT2D eigenvalue weighted by Crippen LogP contribution is 2.44. The molecule has 0 spiro atoms. The van der Waals surface area contributed by atoms with Gasteiger partial charge in [-0.15, -0.1) is 0 Å². The van der Waals surface area contributed by atoms with Gasteiger partial charge in [0.15, 0.2) is 17.0 Å². The van der Waals surface area contributed by atoms with E-state index in [2.05, 4.69) is 10.3 Å². The molecule has 0 saturated carbocycles. The first-order chi connectivity index (χ1) is 13.8. The predicted octanol–water partition coefficient (Wildman–Crippen LogP) is 3.60. The smallest absolute Gasteiger partial charge is 0.194 e. The summed E-state index contributed by atoms with van der Waals surface area (Å²) in [6.45, 7) is 6.63. The minimum atomic E-state index is -0.640. The molecule has 0 atom stereocenters. The van der Waals surface area contributed by atoms with Crippen molar-refractivity contribution in [1.82, 2.24) is 9.55 Å². The highest BCUT2D eigenvalue weighted by Gasteiger charge is 2.34. The maximum atomic E-state index is 15.2. The molecule has 1 aliphatic rings. The third kappa shape index (κ3) is 3.20. The molecule has 6 nitrogen and oxygen atoms in total. The van der Waals surface area contributed by atoms with E-state index in [9.17, 15) is 4.79 Å². The van der Waals surface area contributed by atoms with E-state index in [0.29, 0.717) is 30.0 Å². The van der Waals surface area contributed by atoms with Crippen molar-refractivity contribution in [3.8, 4) is 5.75 Å². The molecule has 0 amide bonds. The Labute approximate surface area is 168 Å². The van der Waals surface area contributed by atoms with Gasteiger partial charge < -0.3 is 20.4 Å². The van der Waals surface area contributed by atoms with E-state index in [-0.39, 0.29) is 27.7 Å². The number of pyridine rings is 2. The Hall–Kier alpha value is -3.09. The molecular weight excluding hydrogens is 371 g/mol. The van der Waals surface area contributed by atoms with E-state index in [1.807, 2.05) is 36.6 Å². The van der Waals surface area contributed by atoms with Gasteiger partial charge in [-0.1, -0.05) is 6.07 Å². The largest absolute Gasteiger partial charge is 0.487 e. The maximum Gasteiger partial charge on any atom is 0.194 e. The Morgan fingerprint density at radius 2 is 2.17 bits per heavy atom. The molecule has 0 fully saturated rings. The molecule has 0 bridgehead atoms. The summed E-state index contributed by atoms with van der Waals surface area (Å²) >= 11 is 0. The number of nitrogens with zero attached hydrogens (tertiary/aromatic N) is 2. The number of hydrogen-bond acceptors (Lipinski definition) is 5. The summed E-state index contributed by atoms with van der Waals surface area (Å²) in [6, 6.07) is 5.78. The van der Waals surface area contributed by atoms with Gasteiger partial charge in [-0.25, -0.2) is 4.39 Å². The van der Waals surface area contributed by atoms with Crippen LogP contribution in [0.2, 0.25) is 0 Å². The van der Waals surface area contributed by atoms with Crippen LogP contribution in [0.1, 0.15) is 31.5 Å². The lowest BCUT2D eigenvalue weighted by Gasteiger charge is -2.36. The Balaban J connectivity index is 1.74. The highest BCUT2D eigenvalue weighted by molar-refractivity contribution is 6.00. The Morgan fingerprint density at radius 3 is 2.90 bits per heavy atom. The summed E-state index contributed by atoms with van der Waals surface area (Å²) in [4.78, 5) is 17.0. The predicted molar refractivity (Wildman–Crippen MR) is 113 cm³/mol. The first-order valence-electron chi connectivity index (χ1n) is 9.75. The van der Waals surface area contributed by atoms with Crippen LogP contribution in [-0.4, -0.2) is 22.7 Å². The van der Waals surface area contributed by atoms with Crippen molar-refractivity contribution < 1.29 is 9.13 Å². The normalized spacial score (nSPS) is 14.6. The second kappa shape index (κ2) is 7.06. The zero-order valence-corrected chi connectivity index (χ0v) is 16.9. The minimum Gasteiger partial charge on any atom is -0.487 e. The average Bonchev–Trinajstić information content (AvgIpc) is 2.70. The van der Waals surface area contributed by atoms with Gasteiger partial charge in [-0.2, -0.15) is 0 Å². The molecule has 29 heavy (non-hydrogen) atoms. The number of anilines is 2. The zero-order chi connectivity index (χ0) is 20.8. The van der Waals surface area contributed by atoms with Gasteiger partial charge in [0.05, 0.1) is 22.1 Å². The minimum absolute atomic E-state index is 0.139. The highest BCUT2D eigenvalue weighted by atomic mass is 19.1. The van der Waals surface area contributed by atoms with Gasteiger partial charge in [0, 0.05) is 30.2 Å². The molecular formula is C22H25FN4O2. The Morgan fingerprint density at radius 1 is 1.38 bits per heavy atom. The number of aromatic nitrogens is 2. The number of rotatable bonds is 5.